The standard InChI is InChI=1S/C16H23NO3/c1-12(17-11-14-6-4-5-9-20-14)15-8-7-13(18-2)10-16(15)19-3/h5,7-10,12,14,17H,4,6,11H2,1-3H3/t12-,14-/m0/s1. The molecule has 1 heterocycles. The molecule has 0 aliphatic carbocycles. The van der Waals surface area contributed by atoms with Crippen LogP contribution in [-0.4, -0.2) is 26.9 Å². The number of methoxy groups -OCH3 is 2. The van der Waals surface area contributed by atoms with Crippen LogP contribution in [-0.2, 0) is 4.74 Å². The van der Waals surface area contributed by atoms with Gasteiger partial charge in [0.2, 0.25) is 0 Å². The van der Waals surface area contributed by atoms with Crippen molar-refractivity contribution in [1.82, 2.24) is 5.32 Å². The van der Waals surface area contributed by atoms with Crippen molar-refractivity contribution in [1.29, 1.82) is 0 Å². The van der Waals surface area contributed by atoms with Crippen LogP contribution in [0.3, 0.4) is 0 Å². The molecule has 0 bridgehead atoms. The number of hydrogen-bond donors (Lipinski definition) is 1. The molecule has 1 aromatic carbocycles. The summed E-state index contributed by atoms with van der Waals surface area (Å²) < 4.78 is 16.2. The van der Waals surface area contributed by atoms with Gasteiger partial charge in [0.25, 0.3) is 0 Å². The first-order valence-electron chi connectivity index (χ1n) is 7.00. The molecule has 1 aromatic rings. The second-order valence-electron chi connectivity index (χ2n) is 4.95. The highest BCUT2D eigenvalue weighted by Gasteiger charge is 2.16. The second-order valence-corrected chi connectivity index (χ2v) is 4.95. The van der Waals surface area contributed by atoms with Crippen molar-refractivity contribution in [2.24, 2.45) is 0 Å². The summed E-state index contributed by atoms with van der Waals surface area (Å²) in [6, 6.07) is 6.10. The van der Waals surface area contributed by atoms with E-state index in [1.54, 1.807) is 20.5 Å². The highest BCUT2D eigenvalue weighted by molar-refractivity contribution is 5.42. The van der Waals surface area contributed by atoms with Gasteiger partial charge in [-0.1, -0.05) is 6.07 Å². The van der Waals surface area contributed by atoms with Crippen LogP contribution in [0, 0.1) is 0 Å². The predicted octanol–water partition coefficient (Wildman–Crippen LogP) is 3.05. The fourth-order valence-corrected chi connectivity index (χ4v) is 2.33. The highest BCUT2D eigenvalue weighted by atomic mass is 16.5. The van der Waals surface area contributed by atoms with Crippen LogP contribution in [0.15, 0.2) is 30.5 Å². The van der Waals surface area contributed by atoms with E-state index in [9.17, 15) is 0 Å². The SMILES string of the molecule is COc1ccc([C@H](C)NC[C@@H]2CCC=CO2)c(OC)c1. The maximum Gasteiger partial charge on any atom is 0.127 e. The van der Waals surface area contributed by atoms with Gasteiger partial charge < -0.3 is 19.5 Å². The number of nitrogens with one attached hydrogen (secondary N) is 1. The molecule has 0 fully saturated rings. The van der Waals surface area contributed by atoms with Gasteiger partial charge in [-0.15, -0.1) is 0 Å². The van der Waals surface area contributed by atoms with Crippen LogP contribution < -0.4 is 14.8 Å². The van der Waals surface area contributed by atoms with Crippen LogP contribution in [0.1, 0.15) is 31.4 Å². The Morgan fingerprint density at radius 3 is 2.85 bits per heavy atom. The van der Waals surface area contributed by atoms with Gasteiger partial charge in [-0.05, 0) is 31.9 Å². The first-order valence-corrected chi connectivity index (χ1v) is 7.00. The van der Waals surface area contributed by atoms with Gasteiger partial charge in [0.05, 0.1) is 20.5 Å². The maximum absolute atomic E-state index is 5.56. The Bertz CT molecular complexity index is 459. The van der Waals surface area contributed by atoms with E-state index in [2.05, 4.69) is 18.3 Å². The molecule has 4 heteroatoms. The zero-order chi connectivity index (χ0) is 14.4. The molecular weight excluding hydrogens is 254 g/mol. The van der Waals surface area contributed by atoms with E-state index in [1.807, 2.05) is 18.2 Å². The Morgan fingerprint density at radius 1 is 1.35 bits per heavy atom. The number of rotatable bonds is 6. The third-order valence-electron chi connectivity index (χ3n) is 3.58. The van der Waals surface area contributed by atoms with Gasteiger partial charge in [0.1, 0.15) is 17.6 Å². The Morgan fingerprint density at radius 2 is 2.20 bits per heavy atom. The predicted molar refractivity (Wildman–Crippen MR) is 79.2 cm³/mol. The molecule has 4 nitrogen and oxygen atoms in total. The molecule has 20 heavy (non-hydrogen) atoms. The molecule has 0 aromatic heterocycles. The molecular formula is C16H23NO3. The van der Waals surface area contributed by atoms with Crippen molar-refractivity contribution < 1.29 is 14.2 Å². The largest absolute Gasteiger partial charge is 0.497 e. The van der Waals surface area contributed by atoms with E-state index in [4.69, 9.17) is 14.2 Å². The van der Waals surface area contributed by atoms with Crippen molar-refractivity contribution in [3.8, 4) is 11.5 Å². The first kappa shape index (κ1) is 14.7. The Kier molecular flexibility index (Phi) is 5.30. The van der Waals surface area contributed by atoms with E-state index in [0.717, 1.165) is 36.4 Å². The Balaban J connectivity index is 1.97. The van der Waals surface area contributed by atoms with E-state index in [-0.39, 0.29) is 12.1 Å². The molecule has 1 N–H and O–H groups in total. The van der Waals surface area contributed by atoms with E-state index < -0.39 is 0 Å². The van der Waals surface area contributed by atoms with E-state index in [0.29, 0.717) is 0 Å². The van der Waals surface area contributed by atoms with Gasteiger partial charge in [0.15, 0.2) is 0 Å². The molecule has 2 atom stereocenters. The normalized spacial score (nSPS) is 19.2. The lowest BCUT2D eigenvalue weighted by Crippen LogP contribution is -2.31. The maximum atomic E-state index is 5.56. The molecule has 1 aliphatic heterocycles. The summed E-state index contributed by atoms with van der Waals surface area (Å²) in [7, 11) is 3.34. The topological polar surface area (TPSA) is 39.7 Å². The molecule has 0 unspecified atom stereocenters. The highest BCUT2D eigenvalue weighted by Crippen LogP contribution is 2.29. The summed E-state index contributed by atoms with van der Waals surface area (Å²) in [5, 5.41) is 3.50. The molecule has 0 saturated carbocycles. The fraction of sp³-hybridized carbons (Fsp3) is 0.500. The Hall–Kier alpha value is -1.68. The summed E-state index contributed by atoms with van der Waals surface area (Å²) >= 11 is 0. The van der Waals surface area contributed by atoms with Crippen LogP contribution in [0.25, 0.3) is 0 Å². The molecule has 110 valence electrons. The third-order valence-corrected chi connectivity index (χ3v) is 3.58. The third kappa shape index (κ3) is 3.67. The van der Waals surface area contributed by atoms with E-state index >= 15 is 0 Å². The van der Waals surface area contributed by atoms with Gasteiger partial charge in [-0.2, -0.15) is 0 Å². The number of allylic oxidation sites excluding steroid dienone is 1. The zero-order valence-corrected chi connectivity index (χ0v) is 12.4. The van der Waals surface area contributed by atoms with Crippen LogP contribution >= 0.6 is 0 Å². The minimum atomic E-state index is 0.199. The fourth-order valence-electron chi connectivity index (χ4n) is 2.33. The van der Waals surface area contributed by atoms with E-state index in [1.165, 1.54) is 0 Å². The minimum absolute atomic E-state index is 0.199. The molecule has 0 amide bonds. The van der Waals surface area contributed by atoms with Gasteiger partial charge in [-0.25, -0.2) is 0 Å². The lowest BCUT2D eigenvalue weighted by Gasteiger charge is -2.23. The summed E-state index contributed by atoms with van der Waals surface area (Å²) in [6.07, 6.45) is 6.27. The second kappa shape index (κ2) is 7.20. The van der Waals surface area contributed by atoms with Crippen LogP contribution in [0.2, 0.25) is 0 Å². The molecule has 1 aliphatic rings. The van der Waals surface area contributed by atoms with Gasteiger partial charge >= 0.3 is 0 Å². The quantitative estimate of drug-likeness (QED) is 0.867. The molecule has 2 rings (SSSR count). The number of hydrogen-bond acceptors (Lipinski definition) is 4. The van der Waals surface area contributed by atoms with Gasteiger partial charge in [0, 0.05) is 24.2 Å². The van der Waals surface area contributed by atoms with Crippen LogP contribution in [0.4, 0.5) is 0 Å². The lowest BCUT2D eigenvalue weighted by molar-refractivity contribution is 0.119. The first-order chi connectivity index (χ1) is 9.74. The summed E-state index contributed by atoms with van der Waals surface area (Å²) in [5.74, 6) is 1.65. The van der Waals surface area contributed by atoms with Gasteiger partial charge in [-0.3, -0.25) is 0 Å². The average molecular weight is 277 g/mol. The number of ether oxygens (including phenoxy) is 3. The smallest absolute Gasteiger partial charge is 0.127 e. The molecule has 0 saturated heterocycles. The summed E-state index contributed by atoms with van der Waals surface area (Å²) in [6.45, 7) is 2.96. The monoisotopic (exact) mass is 277 g/mol. The summed E-state index contributed by atoms with van der Waals surface area (Å²) in [4.78, 5) is 0. The molecule has 0 radical (unpaired) electrons. The van der Waals surface area contributed by atoms with Crippen molar-refractivity contribution >= 4 is 0 Å². The molecule has 0 spiro atoms. The lowest BCUT2D eigenvalue weighted by atomic mass is 10.1. The van der Waals surface area contributed by atoms with Crippen LogP contribution in [0.5, 0.6) is 11.5 Å². The average Bonchev–Trinajstić information content (AvgIpc) is 2.52. The number of benzene rings is 1. The Labute approximate surface area is 120 Å². The summed E-state index contributed by atoms with van der Waals surface area (Å²) in [5.41, 5.74) is 1.12. The van der Waals surface area contributed by atoms with Crippen molar-refractivity contribution in [2.45, 2.75) is 31.9 Å². The van der Waals surface area contributed by atoms with Crippen molar-refractivity contribution in [3.63, 3.8) is 0 Å². The van der Waals surface area contributed by atoms with Crippen molar-refractivity contribution in [2.75, 3.05) is 20.8 Å². The van der Waals surface area contributed by atoms with Crippen molar-refractivity contribution in [3.05, 3.63) is 36.1 Å². The minimum Gasteiger partial charge on any atom is -0.497 e. The zero-order valence-electron chi connectivity index (χ0n) is 12.4.